The number of anilines is 1. The second-order valence-electron chi connectivity index (χ2n) is 4.63. The lowest BCUT2D eigenvalue weighted by Gasteiger charge is -2.35. The monoisotopic (exact) mass is 361 g/mol. The maximum atomic E-state index is 6.04. The van der Waals surface area contributed by atoms with Crippen molar-refractivity contribution in [2.45, 2.75) is 44.6 Å². The third-order valence-corrected chi connectivity index (χ3v) is 4.26. The Morgan fingerprint density at radius 1 is 1.39 bits per heavy atom. The van der Waals surface area contributed by atoms with Gasteiger partial charge in [-0.1, -0.05) is 19.3 Å². The first-order valence-electron chi connectivity index (χ1n) is 6.56. The minimum absolute atomic E-state index is 0.261. The van der Waals surface area contributed by atoms with Crippen LogP contribution in [-0.2, 0) is 10.3 Å². The van der Waals surface area contributed by atoms with Crippen LogP contribution in [0.5, 0.6) is 0 Å². The standard InChI is InChI=1S/C13H20IN3O/c1-3-18-13(7-5-4-6-8-13)12-16-9-10(14)11(15-2)17-12/h9H,3-8H2,1-2H3,(H,15,16,17). The molecule has 0 amide bonds. The molecule has 1 aliphatic rings. The van der Waals surface area contributed by atoms with Gasteiger partial charge in [0.25, 0.3) is 0 Å². The van der Waals surface area contributed by atoms with Gasteiger partial charge >= 0.3 is 0 Å². The van der Waals surface area contributed by atoms with Crippen LogP contribution in [0.25, 0.3) is 0 Å². The van der Waals surface area contributed by atoms with Gasteiger partial charge in [0.1, 0.15) is 11.4 Å². The lowest BCUT2D eigenvalue weighted by Crippen LogP contribution is -2.34. The maximum absolute atomic E-state index is 6.04. The van der Waals surface area contributed by atoms with Crippen LogP contribution in [0, 0.1) is 3.57 Å². The van der Waals surface area contributed by atoms with Gasteiger partial charge in [-0.25, -0.2) is 9.97 Å². The Labute approximate surface area is 122 Å². The maximum Gasteiger partial charge on any atom is 0.162 e. The molecule has 0 radical (unpaired) electrons. The molecule has 100 valence electrons. The van der Waals surface area contributed by atoms with Crippen LogP contribution in [0.3, 0.4) is 0 Å². The highest BCUT2D eigenvalue weighted by molar-refractivity contribution is 14.1. The molecule has 1 N–H and O–H groups in total. The van der Waals surface area contributed by atoms with Crippen molar-refractivity contribution in [1.82, 2.24) is 9.97 Å². The lowest BCUT2D eigenvalue weighted by molar-refractivity contribution is -0.0766. The van der Waals surface area contributed by atoms with Crippen molar-refractivity contribution in [3.63, 3.8) is 0 Å². The average Bonchev–Trinajstić information content (AvgIpc) is 2.40. The van der Waals surface area contributed by atoms with E-state index >= 15 is 0 Å². The summed E-state index contributed by atoms with van der Waals surface area (Å²) in [4.78, 5) is 9.17. The van der Waals surface area contributed by atoms with Gasteiger partial charge in [0.2, 0.25) is 0 Å². The third-order valence-electron chi connectivity index (χ3n) is 3.47. The fourth-order valence-electron chi connectivity index (χ4n) is 2.59. The third kappa shape index (κ3) is 2.77. The molecule has 0 spiro atoms. The number of hydrogen-bond acceptors (Lipinski definition) is 4. The largest absolute Gasteiger partial charge is 0.372 e. The summed E-state index contributed by atoms with van der Waals surface area (Å²) >= 11 is 2.25. The van der Waals surface area contributed by atoms with Crippen molar-refractivity contribution in [2.75, 3.05) is 19.0 Å². The van der Waals surface area contributed by atoms with Gasteiger partial charge in [-0.3, -0.25) is 0 Å². The summed E-state index contributed by atoms with van der Waals surface area (Å²) in [5.41, 5.74) is -0.261. The van der Waals surface area contributed by atoms with Gasteiger partial charge in [0.15, 0.2) is 5.82 Å². The first kappa shape index (κ1) is 14.0. The van der Waals surface area contributed by atoms with E-state index in [1.54, 1.807) is 0 Å². The highest BCUT2D eigenvalue weighted by Crippen LogP contribution is 2.39. The van der Waals surface area contributed by atoms with E-state index < -0.39 is 0 Å². The minimum atomic E-state index is -0.261. The molecule has 1 aromatic heterocycles. The van der Waals surface area contributed by atoms with E-state index in [0.717, 1.165) is 28.1 Å². The van der Waals surface area contributed by atoms with E-state index in [0.29, 0.717) is 6.61 Å². The first-order chi connectivity index (χ1) is 8.72. The number of halogens is 1. The Bertz CT molecular complexity index is 400. The summed E-state index contributed by atoms with van der Waals surface area (Å²) in [6.07, 6.45) is 7.63. The molecule has 0 saturated heterocycles. The molecule has 1 aromatic rings. The molecule has 5 heteroatoms. The molecule has 1 heterocycles. The summed E-state index contributed by atoms with van der Waals surface area (Å²) in [6, 6.07) is 0. The molecular formula is C13H20IN3O. The van der Waals surface area contributed by atoms with E-state index in [1.165, 1.54) is 19.3 Å². The molecule has 1 saturated carbocycles. The van der Waals surface area contributed by atoms with E-state index in [1.807, 2.05) is 20.2 Å². The van der Waals surface area contributed by atoms with Gasteiger partial charge in [-0.15, -0.1) is 0 Å². The van der Waals surface area contributed by atoms with Crippen molar-refractivity contribution in [3.05, 3.63) is 15.6 Å². The molecule has 1 aliphatic carbocycles. The van der Waals surface area contributed by atoms with Crippen LogP contribution in [0.1, 0.15) is 44.9 Å². The molecule has 0 bridgehead atoms. The van der Waals surface area contributed by atoms with Crippen LogP contribution in [0.15, 0.2) is 6.20 Å². The Morgan fingerprint density at radius 2 is 2.11 bits per heavy atom. The zero-order chi connectivity index (χ0) is 13.0. The molecule has 18 heavy (non-hydrogen) atoms. The highest BCUT2D eigenvalue weighted by Gasteiger charge is 2.37. The summed E-state index contributed by atoms with van der Waals surface area (Å²) in [5.74, 6) is 1.74. The summed E-state index contributed by atoms with van der Waals surface area (Å²) in [5, 5.41) is 3.12. The molecule has 0 atom stereocenters. The number of nitrogens with one attached hydrogen (secondary N) is 1. The fraction of sp³-hybridized carbons (Fsp3) is 0.692. The number of nitrogens with zero attached hydrogens (tertiary/aromatic N) is 2. The highest BCUT2D eigenvalue weighted by atomic mass is 127. The zero-order valence-electron chi connectivity index (χ0n) is 11.0. The van der Waals surface area contributed by atoms with Crippen molar-refractivity contribution in [1.29, 1.82) is 0 Å². The summed E-state index contributed by atoms with van der Waals surface area (Å²) in [7, 11) is 1.89. The smallest absolute Gasteiger partial charge is 0.162 e. The van der Waals surface area contributed by atoms with Gasteiger partial charge in [0, 0.05) is 19.9 Å². The van der Waals surface area contributed by atoms with E-state index in [-0.39, 0.29) is 5.60 Å². The van der Waals surface area contributed by atoms with Crippen molar-refractivity contribution < 1.29 is 4.74 Å². The van der Waals surface area contributed by atoms with Crippen LogP contribution >= 0.6 is 22.6 Å². The fourth-order valence-corrected chi connectivity index (χ4v) is 3.12. The molecule has 4 nitrogen and oxygen atoms in total. The molecule has 0 aliphatic heterocycles. The van der Waals surface area contributed by atoms with Gasteiger partial charge < -0.3 is 10.1 Å². The van der Waals surface area contributed by atoms with Crippen molar-refractivity contribution in [3.8, 4) is 0 Å². The zero-order valence-corrected chi connectivity index (χ0v) is 13.2. The second kappa shape index (κ2) is 6.14. The number of hydrogen-bond donors (Lipinski definition) is 1. The van der Waals surface area contributed by atoms with Gasteiger partial charge in [0.05, 0.1) is 3.57 Å². The van der Waals surface area contributed by atoms with Gasteiger partial charge in [-0.05, 0) is 42.4 Å². The Balaban J connectivity index is 2.35. The predicted octanol–water partition coefficient (Wildman–Crippen LogP) is 3.32. The number of rotatable bonds is 4. The molecule has 2 rings (SSSR count). The minimum Gasteiger partial charge on any atom is -0.372 e. The molecular weight excluding hydrogens is 341 g/mol. The van der Waals surface area contributed by atoms with E-state index in [9.17, 15) is 0 Å². The van der Waals surface area contributed by atoms with Gasteiger partial charge in [-0.2, -0.15) is 0 Å². The first-order valence-corrected chi connectivity index (χ1v) is 7.64. The van der Waals surface area contributed by atoms with Crippen LogP contribution in [-0.4, -0.2) is 23.6 Å². The van der Waals surface area contributed by atoms with Crippen LogP contribution < -0.4 is 5.32 Å². The van der Waals surface area contributed by atoms with Crippen molar-refractivity contribution >= 4 is 28.4 Å². The summed E-state index contributed by atoms with van der Waals surface area (Å²) in [6.45, 7) is 2.76. The Kier molecular flexibility index (Phi) is 4.77. The number of ether oxygens (including phenoxy) is 1. The van der Waals surface area contributed by atoms with E-state index in [2.05, 4.69) is 37.9 Å². The van der Waals surface area contributed by atoms with Crippen molar-refractivity contribution in [2.24, 2.45) is 0 Å². The Hall–Kier alpha value is -0.430. The average molecular weight is 361 g/mol. The summed E-state index contributed by atoms with van der Waals surface area (Å²) < 4.78 is 7.08. The predicted molar refractivity (Wildman–Crippen MR) is 80.7 cm³/mol. The van der Waals surface area contributed by atoms with Crippen LogP contribution in [0.4, 0.5) is 5.82 Å². The molecule has 1 fully saturated rings. The quantitative estimate of drug-likeness (QED) is 0.836. The topological polar surface area (TPSA) is 47.0 Å². The normalized spacial score (nSPS) is 18.6. The lowest BCUT2D eigenvalue weighted by atomic mass is 9.84. The van der Waals surface area contributed by atoms with E-state index in [4.69, 9.17) is 4.74 Å². The SMILES string of the molecule is CCOC1(c2ncc(I)c(NC)n2)CCCCC1. The Morgan fingerprint density at radius 3 is 2.72 bits per heavy atom. The second-order valence-corrected chi connectivity index (χ2v) is 5.79. The van der Waals surface area contributed by atoms with Crippen LogP contribution in [0.2, 0.25) is 0 Å². The number of aromatic nitrogens is 2. The molecule has 0 aromatic carbocycles. The molecule has 0 unspecified atom stereocenters.